The molecule has 1 amide bonds. The molecule has 1 heterocycles. The van der Waals surface area contributed by atoms with Gasteiger partial charge in [0.05, 0.1) is 28.9 Å². The predicted octanol–water partition coefficient (Wildman–Crippen LogP) is 2.67. The Morgan fingerprint density at radius 2 is 2.00 bits per heavy atom. The molecule has 0 spiro atoms. The quantitative estimate of drug-likeness (QED) is 0.722. The van der Waals surface area contributed by atoms with Gasteiger partial charge >= 0.3 is 11.7 Å². The highest BCUT2D eigenvalue weighted by atomic mass is 35.5. The molecule has 8 heteroatoms. The fourth-order valence-electron chi connectivity index (χ4n) is 2.36. The lowest BCUT2D eigenvalue weighted by Gasteiger charge is -2.09. The van der Waals surface area contributed by atoms with E-state index < -0.39 is 17.6 Å². The minimum atomic E-state index is -0.634. The Morgan fingerprint density at radius 1 is 1.24 bits per heavy atom. The number of nitrogens with one attached hydrogen (secondary N) is 1. The molecule has 0 fully saturated rings. The van der Waals surface area contributed by atoms with E-state index in [9.17, 15) is 14.4 Å². The molecule has 128 valence electrons. The average molecular weight is 361 g/mol. The molecule has 7 nitrogen and oxygen atoms in total. The van der Waals surface area contributed by atoms with Crippen LogP contribution in [-0.4, -0.2) is 23.6 Å². The first-order valence-electron chi connectivity index (χ1n) is 7.25. The first-order valence-corrected chi connectivity index (χ1v) is 7.63. The van der Waals surface area contributed by atoms with Gasteiger partial charge in [0.15, 0.2) is 5.58 Å². The van der Waals surface area contributed by atoms with E-state index >= 15 is 0 Å². The number of anilines is 1. The highest BCUT2D eigenvalue weighted by Crippen LogP contribution is 2.23. The zero-order valence-electron chi connectivity index (χ0n) is 13.1. The number of hydrogen-bond donors (Lipinski definition) is 1. The molecule has 1 aromatic heterocycles. The third-order valence-corrected chi connectivity index (χ3v) is 3.87. The summed E-state index contributed by atoms with van der Waals surface area (Å²) >= 11 is 6.04. The van der Waals surface area contributed by atoms with E-state index in [-0.39, 0.29) is 22.8 Å². The van der Waals surface area contributed by atoms with Gasteiger partial charge in [-0.05, 0) is 30.3 Å². The van der Waals surface area contributed by atoms with Crippen molar-refractivity contribution in [1.29, 1.82) is 0 Å². The Balaban J connectivity index is 1.84. The summed E-state index contributed by atoms with van der Waals surface area (Å²) in [4.78, 5) is 35.8. The van der Waals surface area contributed by atoms with Crippen molar-refractivity contribution < 1.29 is 18.7 Å². The van der Waals surface area contributed by atoms with Crippen LogP contribution < -0.4 is 11.1 Å². The number of halogens is 1. The predicted molar refractivity (Wildman–Crippen MR) is 91.9 cm³/mol. The Morgan fingerprint density at radius 3 is 2.76 bits per heavy atom. The molecule has 0 bridgehead atoms. The van der Waals surface area contributed by atoms with E-state index in [1.807, 2.05) is 0 Å². The van der Waals surface area contributed by atoms with Gasteiger partial charge < -0.3 is 14.5 Å². The SMILES string of the molecule is COC(=O)c1ccc(Cl)c(NC(=O)Cn2c(=O)oc3ccccc32)c1. The molecule has 0 saturated heterocycles. The summed E-state index contributed by atoms with van der Waals surface area (Å²) in [6.45, 7) is -0.255. The van der Waals surface area contributed by atoms with Crippen LogP contribution in [0.5, 0.6) is 0 Å². The Kier molecular flexibility index (Phi) is 4.58. The molecule has 25 heavy (non-hydrogen) atoms. The number of amides is 1. The van der Waals surface area contributed by atoms with Crippen molar-refractivity contribution in [3.05, 3.63) is 63.6 Å². The number of aromatic nitrogens is 1. The van der Waals surface area contributed by atoms with Gasteiger partial charge in [-0.1, -0.05) is 23.7 Å². The van der Waals surface area contributed by atoms with Crippen molar-refractivity contribution in [2.45, 2.75) is 6.54 Å². The number of oxazole rings is 1. The van der Waals surface area contributed by atoms with Crippen LogP contribution in [0.1, 0.15) is 10.4 Å². The lowest BCUT2D eigenvalue weighted by molar-refractivity contribution is -0.116. The highest BCUT2D eigenvalue weighted by Gasteiger charge is 2.15. The van der Waals surface area contributed by atoms with Gasteiger partial charge in [-0.25, -0.2) is 9.59 Å². The molecule has 3 rings (SSSR count). The maximum absolute atomic E-state index is 12.3. The first-order chi connectivity index (χ1) is 12.0. The normalized spacial score (nSPS) is 10.6. The molecule has 0 aliphatic rings. The molecule has 0 aliphatic carbocycles. The third kappa shape index (κ3) is 3.41. The van der Waals surface area contributed by atoms with E-state index in [0.717, 1.165) is 0 Å². The number of fused-ring (bicyclic) bond motifs is 1. The minimum absolute atomic E-state index is 0.244. The van der Waals surface area contributed by atoms with Crippen molar-refractivity contribution in [1.82, 2.24) is 4.57 Å². The zero-order valence-corrected chi connectivity index (χ0v) is 13.9. The van der Waals surface area contributed by atoms with Crippen LogP contribution in [0, 0.1) is 0 Å². The number of carbonyl (C=O) groups excluding carboxylic acids is 2. The summed E-state index contributed by atoms with van der Waals surface area (Å²) in [6, 6.07) is 11.2. The second-order valence-corrected chi connectivity index (χ2v) is 5.56. The monoisotopic (exact) mass is 360 g/mol. The Hall–Kier alpha value is -3.06. The second-order valence-electron chi connectivity index (χ2n) is 5.16. The number of esters is 1. The number of nitrogens with zero attached hydrogens (tertiary/aromatic N) is 1. The summed E-state index contributed by atoms with van der Waals surface area (Å²) in [7, 11) is 1.26. The maximum Gasteiger partial charge on any atom is 0.420 e. The lowest BCUT2D eigenvalue weighted by Crippen LogP contribution is -2.25. The van der Waals surface area contributed by atoms with Crippen LogP contribution in [0.25, 0.3) is 11.1 Å². The molecule has 0 aliphatic heterocycles. The van der Waals surface area contributed by atoms with Gasteiger partial charge in [0.25, 0.3) is 0 Å². The summed E-state index contributed by atoms with van der Waals surface area (Å²) in [5.41, 5.74) is 1.40. The van der Waals surface area contributed by atoms with Crippen molar-refractivity contribution in [2.75, 3.05) is 12.4 Å². The van der Waals surface area contributed by atoms with Crippen LogP contribution in [0.2, 0.25) is 5.02 Å². The van der Waals surface area contributed by atoms with Crippen LogP contribution >= 0.6 is 11.6 Å². The van der Waals surface area contributed by atoms with Gasteiger partial charge in [0.2, 0.25) is 5.91 Å². The van der Waals surface area contributed by atoms with E-state index in [1.165, 1.54) is 29.9 Å². The number of hydrogen-bond acceptors (Lipinski definition) is 5. The maximum atomic E-state index is 12.3. The topological polar surface area (TPSA) is 90.5 Å². The highest BCUT2D eigenvalue weighted by molar-refractivity contribution is 6.33. The van der Waals surface area contributed by atoms with Gasteiger partial charge in [0, 0.05) is 0 Å². The summed E-state index contributed by atoms with van der Waals surface area (Å²) < 4.78 is 10.9. The lowest BCUT2D eigenvalue weighted by atomic mass is 10.2. The van der Waals surface area contributed by atoms with Gasteiger partial charge in [-0.3, -0.25) is 9.36 Å². The first kappa shape index (κ1) is 16.8. The van der Waals surface area contributed by atoms with E-state index in [1.54, 1.807) is 24.3 Å². The van der Waals surface area contributed by atoms with E-state index in [0.29, 0.717) is 11.1 Å². The number of ether oxygens (including phenoxy) is 1. The molecule has 1 N–H and O–H groups in total. The van der Waals surface area contributed by atoms with Gasteiger partial charge in [-0.15, -0.1) is 0 Å². The molecular formula is C17H13ClN2O5. The number of para-hydroxylation sites is 2. The molecule has 0 saturated carbocycles. The fourth-order valence-corrected chi connectivity index (χ4v) is 2.53. The zero-order chi connectivity index (χ0) is 18.0. The van der Waals surface area contributed by atoms with Gasteiger partial charge in [-0.2, -0.15) is 0 Å². The number of benzene rings is 2. The largest absolute Gasteiger partial charge is 0.465 e. The van der Waals surface area contributed by atoms with E-state index in [4.69, 9.17) is 16.0 Å². The van der Waals surface area contributed by atoms with Crippen LogP contribution in [-0.2, 0) is 16.1 Å². The smallest absolute Gasteiger partial charge is 0.420 e. The van der Waals surface area contributed by atoms with Crippen LogP contribution in [0.4, 0.5) is 5.69 Å². The standard InChI is InChI=1S/C17H13ClN2O5/c1-24-16(22)10-6-7-11(18)12(8-10)19-15(21)9-20-13-4-2-3-5-14(13)25-17(20)23/h2-8H,9H2,1H3,(H,19,21). The molecule has 0 unspecified atom stereocenters. The number of rotatable bonds is 4. The average Bonchev–Trinajstić information content (AvgIpc) is 2.92. The fraction of sp³-hybridized carbons (Fsp3) is 0.118. The Labute approximate surface area is 146 Å². The van der Waals surface area contributed by atoms with Crippen molar-refractivity contribution >= 4 is 40.3 Å². The van der Waals surface area contributed by atoms with Crippen LogP contribution in [0.15, 0.2) is 51.7 Å². The molecule has 0 atom stereocenters. The number of carbonyl (C=O) groups is 2. The van der Waals surface area contributed by atoms with Crippen LogP contribution in [0.3, 0.4) is 0 Å². The minimum Gasteiger partial charge on any atom is -0.465 e. The third-order valence-electron chi connectivity index (χ3n) is 3.54. The van der Waals surface area contributed by atoms with Gasteiger partial charge in [0.1, 0.15) is 6.54 Å². The van der Waals surface area contributed by atoms with Crippen molar-refractivity contribution in [3.63, 3.8) is 0 Å². The van der Waals surface area contributed by atoms with E-state index in [2.05, 4.69) is 10.1 Å². The number of methoxy groups -OCH3 is 1. The molecule has 3 aromatic rings. The second kappa shape index (κ2) is 6.82. The molecular weight excluding hydrogens is 348 g/mol. The molecule has 2 aromatic carbocycles. The summed E-state index contributed by atoms with van der Waals surface area (Å²) in [6.07, 6.45) is 0. The van der Waals surface area contributed by atoms with Crippen molar-refractivity contribution in [3.8, 4) is 0 Å². The Bertz CT molecular complexity index is 1020. The summed E-state index contributed by atoms with van der Waals surface area (Å²) in [5, 5.41) is 2.83. The molecule has 0 radical (unpaired) electrons. The van der Waals surface area contributed by atoms with Crippen molar-refractivity contribution in [2.24, 2.45) is 0 Å². The summed E-state index contributed by atoms with van der Waals surface area (Å²) in [5.74, 6) is -1.67.